The van der Waals surface area contributed by atoms with E-state index in [-0.39, 0.29) is 0 Å². The van der Waals surface area contributed by atoms with E-state index in [9.17, 15) is 0 Å². The Bertz CT molecular complexity index is 404. The van der Waals surface area contributed by atoms with E-state index in [2.05, 4.69) is 54.8 Å². The van der Waals surface area contributed by atoms with Crippen molar-refractivity contribution in [3.05, 3.63) is 22.4 Å². The van der Waals surface area contributed by atoms with Crippen LogP contribution in [-0.4, -0.2) is 17.0 Å². The molecule has 4 heteroatoms. The lowest BCUT2D eigenvalue weighted by atomic mass is 9.90. The van der Waals surface area contributed by atoms with Gasteiger partial charge in [-0.05, 0) is 41.1 Å². The molecule has 1 aromatic heterocycles. The van der Waals surface area contributed by atoms with Crippen molar-refractivity contribution in [2.75, 3.05) is 6.54 Å². The lowest BCUT2D eigenvalue weighted by Crippen LogP contribution is -2.23. The summed E-state index contributed by atoms with van der Waals surface area (Å²) >= 11 is 3.65. The smallest absolute Gasteiger partial charge is 0.157 e. The third-order valence-corrected chi connectivity index (χ3v) is 4.76. The normalized spacial score (nSPS) is 21.8. The third kappa shape index (κ3) is 4.02. The maximum absolute atomic E-state index is 4.62. The Kier molecular flexibility index (Phi) is 4.38. The summed E-state index contributed by atoms with van der Waals surface area (Å²) in [6, 6.07) is 2.53. The second kappa shape index (κ2) is 5.66. The SMILES string of the molecule is CC(NC1=NCC(CC(C)(C)C)S1)c1ccsc1. The molecule has 0 amide bonds. The van der Waals surface area contributed by atoms with E-state index >= 15 is 0 Å². The van der Waals surface area contributed by atoms with Crippen LogP contribution < -0.4 is 5.32 Å². The first-order valence-electron chi connectivity index (χ1n) is 6.44. The Morgan fingerprint density at radius 1 is 1.50 bits per heavy atom. The maximum Gasteiger partial charge on any atom is 0.157 e. The molecular weight excluding hydrogens is 260 g/mol. The minimum Gasteiger partial charge on any atom is -0.358 e. The van der Waals surface area contributed by atoms with Crippen LogP contribution in [0.5, 0.6) is 0 Å². The Hall–Kier alpha value is -0.480. The van der Waals surface area contributed by atoms with E-state index in [4.69, 9.17) is 0 Å². The first-order chi connectivity index (χ1) is 8.44. The first-order valence-corrected chi connectivity index (χ1v) is 8.26. The highest BCUT2D eigenvalue weighted by Crippen LogP contribution is 2.32. The van der Waals surface area contributed by atoms with Crippen molar-refractivity contribution in [2.45, 2.75) is 45.4 Å². The van der Waals surface area contributed by atoms with Crippen LogP contribution in [0.1, 0.15) is 45.7 Å². The molecule has 0 fully saturated rings. The van der Waals surface area contributed by atoms with Gasteiger partial charge in [-0.15, -0.1) is 0 Å². The second-order valence-electron chi connectivity index (χ2n) is 6.07. The predicted molar refractivity (Wildman–Crippen MR) is 83.6 cm³/mol. The van der Waals surface area contributed by atoms with Crippen molar-refractivity contribution in [1.82, 2.24) is 5.32 Å². The molecule has 1 aromatic rings. The molecule has 2 heterocycles. The molecule has 1 aliphatic rings. The molecule has 18 heavy (non-hydrogen) atoms. The largest absolute Gasteiger partial charge is 0.358 e. The molecule has 2 atom stereocenters. The fourth-order valence-corrected chi connectivity index (χ4v) is 4.27. The van der Waals surface area contributed by atoms with Crippen LogP contribution >= 0.6 is 23.1 Å². The predicted octanol–water partition coefficient (Wildman–Crippen LogP) is 4.31. The van der Waals surface area contributed by atoms with Gasteiger partial charge in [0.1, 0.15) is 0 Å². The van der Waals surface area contributed by atoms with Gasteiger partial charge in [-0.1, -0.05) is 32.5 Å². The van der Waals surface area contributed by atoms with E-state index in [0.717, 1.165) is 11.7 Å². The van der Waals surface area contributed by atoms with E-state index in [1.165, 1.54) is 12.0 Å². The van der Waals surface area contributed by atoms with Gasteiger partial charge >= 0.3 is 0 Å². The quantitative estimate of drug-likeness (QED) is 0.893. The van der Waals surface area contributed by atoms with Crippen molar-refractivity contribution < 1.29 is 0 Å². The molecule has 2 rings (SSSR count). The summed E-state index contributed by atoms with van der Waals surface area (Å²) in [5, 5.41) is 9.59. The zero-order valence-corrected chi connectivity index (χ0v) is 13.2. The van der Waals surface area contributed by atoms with Gasteiger partial charge in [0.25, 0.3) is 0 Å². The van der Waals surface area contributed by atoms with Gasteiger partial charge in [-0.2, -0.15) is 11.3 Å². The van der Waals surface area contributed by atoms with Crippen molar-refractivity contribution in [3.8, 4) is 0 Å². The summed E-state index contributed by atoms with van der Waals surface area (Å²) in [5.41, 5.74) is 1.74. The molecule has 0 aliphatic carbocycles. The number of nitrogens with one attached hydrogen (secondary N) is 1. The minimum atomic E-state index is 0.357. The number of aliphatic imine (C=N–C) groups is 1. The summed E-state index contributed by atoms with van der Waals surface area (Å²) in [5.74, 6) is 0. The van der Waals surface area contributed by atoms with E-state index in [0.29, 0.717) is 16.7 Å². The Balaban J connectivity index is 1.82. The summed E-state index contributed by atoms with van der Waals surface area (Å²) in [6.07, 6.45) is 1.22. The first kappa shape index (κ1) is 13.9. The van der Waals surface area contributed by atoms with Gasteiger partial charge in [0.2, 0.25) is 0 Å². The molecule has 2 unspecified atom stereocenters. The number of thiophene rings is 1. The number of hydrogen-bond donors (Lipinski definition) is 1. The number of hydrogen-bond acceptors (Lipinski definition) is 4. The van der Waals surface area contributed by atoms with Gasteiger partial charge in [-0.25, -0.2) is 0 Å². The monoisotopic (exact) mass is 282 g/mol. The van der Waals surface area contributed by atoms with Crippen LogP contribution in [0.25, 0.3) is 0 Å². The second-order valence-corrected chi connectivity index (χ2v) is 8.14. The van der Waals surface area contributed by atoms with Crippen molar-refractivity contribution in [2.24, 2.45) is 10.4 Å². The van der Waals surface area contributed by atoms with Gasteiger partial charge in [-0.3, -0.25) is 4.99 Å². The summed E-state index contributed by atoms with van der Waals surface area (Å²) < 4.78 is 0. The molecule has 0 radical (unpaired) electrons. The standard InChI is InChI=1S/C14H22N2S2/c1-10(11-5-6-17-9-11)16-13-15-8-12(18-13)7-14(2,3)4/h5-6,9-10,12H,7-8H2,1-4H3,(H,15,16). The van der Waals surface area contributed by atoms with Crippen molar-refractivity contribution in [3.63, 3.8) is 0 Å². The van der Waals surface area contributed by atoms with Gasteiger partial charge in [0, 0.05) is 5.25 Å². The van der Waals surface area contributed by atoms with Crippen LogP contribution in [0.3, 0.4) is 0 Å². The van der Waals surface area contributed by atoms with Crippen molar-refractivity contribution >= 4 is 28.3 Å². The van der Waals surface area contributed by atoms with Gasteiger partial charge in [0.05, 0.1) is 12.6 Å². The average molecular weight is 282 g/mol. The number of amidine groups is 1. The minimum absolute atomic E-state index is 0.357. The van der Waals surface area contributed by atoms with Crippen LogP contribution in [-0.2, 0) is 0 Å². The van der Waals surface area contributed by atoms with E-state index in [1.807, 2.05) is 11.8 Å². The number of rotatable bonds is 3. The fourth-order valence-electron chi connectivity index (χ4n) is 2.08. The molecule has 100 valence electrons. The molecular formula is C14H22N2S2. The number of thioether (sulfide) groups is 1. The molecule has 0 bridgehead atoms. The highest BCUT2D eigenvalue weighted by molar-refractivity contribution is 8.14. The highest BCUT2D eigenvalue weighted by Gasteiger charge is 2.25. The lowest BCUT2D eigenvalue weighted by Gasteiger charge is -2.22. The molecule has 2 nitrogen and oxygen atoms in total. The average Bonchev–Trinajstić information content (AvgIpc) is 2.86. The van der Waals surface area contributed by atoms with Crippen LogP contribution in [0.4, 0.5) is 0 Å². The zero-order valence-electron chi connectivity index (χ0n) is 11.6. The van der Waals surface area contributed by atoms with Crippen molar-refractivity contribution in [1.29, 1.82) is 0 Å². The Morgan fingerprint density at radius 3 is 2.89 bits per heavy atom. The molecule has 0 spiro atoms. The van der Waals surface area contributed by atoms with E-state index < -0.39 is 0 Å². The molecule has 0 aromatic carbocycles. The summed E-state index contributed by atoms with van der Waals surface area (Å²) in [4.78, 5) is 4.62. The maximum atomic E-state index is 4.62. The van der Waals surface area contributed by atoms with Crippen LogP contribution in [0, 0.1) is 5.41 Å². The molecule has 0 saturated carbocycles. The van der Waals surface area contributed by atoms with E-state index in [1.54, 1.807) is 11.3 Å². The fraction of sp³-hybridized carbons (Fsp3) is 0.643. The van der Waals surface area contributed by atoms with Crippen LogP contribution in [0.15, 0.2) is 21.8 Å². The summed E-state index contributed by atoms with van der Waals surface area (Å²) in [6.45, 7) is 10.1. The lowest BCUT2D eigenvalue weighted by molar-refractivity contribution is 0.375. The van der Waals surface area contributed by atoms with Gasteiger partial charge in [0.15, 0.2) is 5.17 Å². The Morgan fingerprint density at radius 2 is 2.28 bits per heavy atom. The Labute approximate surface area is 118 Å². The molecule has 1 aliphatic heterocycles. The summed E-state index contributed by atoms with van der Waals surface area (Å²) in [7, 11) is 0. The molecule has 1 N–H and O–H groups in total. The van der Waals surface area contributed by atoms with Crippen LogP contribution in [0.2, 0.25) is 0 Å². The topological polar surface area (TPSA) is 24.4 Å². The number of nitrogens with zero attached hydrogens (tertiary/aromatic N) is 1. The molecule has 0 saturated heterocycles. The zero-order chi connectivity index (χ0) is 13.2. The third-order valence-electron chi connectivity index (χ3n) is 2.94. The highest BCUT2D eigenvalue weighted by atomic mass is 32.2. The van der Waals surface area contributed by atoms with Gasteiger partial charge < -0.3 is 5.32 Å².